The molecule has 140 valence electrons. The lowest BCUT2D eigenvalue weighted by molar-refractivity contribution is 0.402. The quantitative estimate of drug-likeness (QED) is 0.686. The summed E-state index contributed by atoms with van der Waals surface area (Å²) < 4.78 is 0. The molecule has 2 rings (SSSR count). The molecule has 0 saturated heterocycles. The molecular weight excluding hydrogens is 328 g/mol. The predicted octanol–water partition coefficient (Wildman–Crippen LogP) is 3.99. The van der Waals surface area contributed by atoms with Crippen LogP contribution in [0, 0.1) is 5.92 Å². The van der Waals surface area contributed by atoms with Crippen molar-refractivity contribution in [3.8, 4) is 0 Å². The van der Waals surface area contributed by atoms with Crippen LogP contribution < -0.4 is 16.0 Å². The second-order valence-electron chi connectivity index (χ2n) is 6.98. The van der Waals surface area contributed by atoms with Gasteiger partial charge in [0.25, 0.3) is 0 Å². The van der Waals surface area contributed by atoms with E-state index in [1.54, 1.807) is 0 Å². The largest absolute Gasteiger partial charge is 0.329 e. The number of nitrogens with zero attached hydrogens (tertiary/aromatic N) is 2. The number of fused-ring (bicyclic) bond motifs is 1. The van der Waals surface area contributed by atoms with Crippen LogP contribution in [-0.2, 0) is 13.0 Å². The molecule has 25 heavy (non-hydrogen) atoms. The summed E-state index contributed by atoms with van der Waals surface area (Å²) in [5.74, 6) is 1.66. The van der Waals surface area contributed by atoms with Crippen LogP contribution in [0.4, 0.5) is 5.00 Å². The molecule has 1 aromatic heterocycles. The van der Waals surface area contributed by atoms with Crippen molar-refractivity contribution in [3.63, 3.8) is 0 Å². The summed E-state index contributed by atoms with van der Waals surface area (Å²) in [5, 5.41) is 4.79. The van der Waals surface area contributed by atoms with Crippen molar-refractivity contribution in [3.05, 3.63) is 34.5 Å². The Balaban J connectivity index is 2.53. The first-order valence-electron chi connectivity index (χ1n) is 9.42. The smallest absolute Gasteiger partial charge is 0.106 e. The van der Waals surface area contributed by atoms with Crippen LogP contribution in [0.25, 0.3) is 5.70 Å². The minimum absolute atomic E-state index is 0.585. The van der Waals surface area contributed by atoms with Crippen LogP contribution in [0.2, 0.25) is 0 Å². The lowest BCUT2D eigenvalue weighted by atomic mass is 9.99. The molecule has 1 aromatic rings. The number of anilines is 1. The molecule has 0 aliphatic carbocycles. The van der Waals surface area contributed by atoms with Gasteiger partial charge >= 0.3 is 0 Å². The zero-order chi connectivity index (χ0) is 18.6. The Kier molecular flexibility index (Phi) is 7.11. The standard InChI is InChI=1S/C20H34N4S/c1-7-9-17-19-16(8-2)18(12-22-11-10-21)25-20(19)23(6)15(5)24(17)13-14(3)4/h9,14,22H,5,7-8,10-13,21H2,1-4,6H3/b17-9-. The summed E-state index contributed by atoms with van der Waals surface area (Å²) >= 11 is 1.89. The van der Waals surface area contributed by atoms with Gasteiger partial charge in [-0.05, 0) is 24.3 Å². The van der Waals surface area contributed by atoms with Crippen LogP contribution in [0.5, 0.6) is 0 Å². The number of rotatable bonds is 8. The fraction of sp³-hybridized carbons (Fsp3) is 0.600. The summed E-state index contributed by atoms with van der Waals surface area (Å²) in [7, 11) is 2.14. The van der Waals surface area contributed by atoms with Crippen molar-refractivity contribution in [1.82, 2.24) is 10.2 Å². The Labute approximate surface area is 157 Å². The Morgan fingerprint density at radius 3 is 2.60 bits per heavy atom. The van der Waals surface area contributed by atoms with E-state index in [4.69, 9.17) is 5.73 Å². The average molecular weight is 363 g/mol. The highest BCUT2D eigenvalue weighted by Gasteiger charge is 2.32. The van der Waals surface area contributed by atoms with Crippen LogP contribution >= 0.6 is 11.3 Å². The SMILES string of the molecule is C=C1N(CC(C)C)/C(=C\CC)c2c(sc(CNCCN)c2CC)N1C. The Morgan fingerprint density at radius 2 is 2.04 bits per heavy atom. The second-order valence-corrected chi connectivity index (χ2v) is 8.06. The van der Waals surface area contributed by atoms with Gasteiger partial charge in [0, 0.05) is 49.4 Å². The van der Waals surface area contributed by atoms with E-state index < -0.39 is 0 Å². The van der Waals surface area contributed by atoms with Gasteiger partial charge in [0.05, 0.1) is 0 Å². The van der Waals surface area contributed by atoms with E-state index in [9.17, 15) is 0 Å². The molecule has 0 bridgehead atoms. The first kappa shape index (κ1) is 20.0. The molecule has 0 saturated carbocycles. The van der Waals surface area contributed by atoms with Crippen molar-refractivity contribution >= 4 is 22.0 Å². The third-order valence-electron chi connectivity index (χ3n) is 4.53. The van der Waals surface area contributed by atoms with Gasteiger partial charge in [-0.15, -0.1) is 11.3 Å². The third-order valence-corrected chi connectivity index (χ3v) is 5.84. The van der Waals surface area contributed by atoms with E-state index in [-0.39, 0.29) is 0 Å². The molecule has 0 unspecified atom stereocenters. The molecule has 4 nitrogen and oxygen atoms in total. The summed E-state index contributed by atoms with van der Waals surface area (Å²) in [4.78, 5) is 6.09. The number of hydrogen-bond acceptors (Lipinski definition) is 5. The van der Waals surface area contributed by atoms with Gasteiger partial charge in [-0.1, -0.05) is 40.3 Å². The Bertz CT molecular complexity index is 630. The average Bonchev–Trinajstić information content (AvgIpc) is 2.94. The molecule has 5 heteroatoms. The highest BCUT2D eigenvalue weighted by molar-refractivity contribution is 7.16. The highest BCUT2D eigenvalue weighted by atomic mass is 32.1. The third kappa shape index (κ3) is 4.10. The van der Waals surface area contributed by atoms with Gasteiger partial charge < -0.3 is 20.9 Å². The zero-order valence-electron chi connectivity index (χ0n) is 16.5. The lowest BCUT2D eigenvalue weighted by Gasteiger charge is -2.40. The number of thiophene rings is 1. The summed E-state index contributed by atoms with van der Waals surface area (Å²) in [5.41, 5.74) is 9.85. The summed E-state index contributed by atoms with van der Waals surface area (Å²) in [6.45, 7) is 16.8. The molecule has 0 aromatic carbocycles. The Morgan fingerprint density at radius 1 is 1.32 bits per heavy atom. The molecular formula is C20H34N4S. The highest BCUT2D eigenvalue weighted by Crippen LogP contribution is 2.47. The molecule has 0 amide bonds. The molecule has 1 aliphatic rings. The predicted molar refractivity (Wildman–Crippen MR) is 112 cm³/mol. The van der Waals surface area contributed by atoms with Gasteiger partial charge in [-0.3, -0.25) is 0 Å². The molecule has 3 N–H and O–H groups in total. The van der Waals surface area contributed by atoms with E-state index in [2.05, 4.69) is 62.5 Å². The number of allylic oxidation sites excluding steroid dienone is 1. The first-order chi connectivity index (χ1) is 12.0. The van der Waals surface area contributed by atoms with Crippen molar-refractivity contribution in [2.45, 2.75) is 47.1 Å². The molecule has 0 fully saturated rings. The molecule has 2 heterocycles. The van der Waals surface area contributed by atoms with Crippen molar-refractivity contribution in [1.29, 1.82) is 0 Å². The van der Waals surface area contributed by atoms with E-state index in [0.29, 0.717) is 12.5 Å². The van der Waals surface area contributed by atoms with Crippen molar-refractivity contribution < 1.29 is 0 Å². The van der Waals surface area contributed by atoms with Crippen LogP contribution in [-0.4, -0.2) is 31.6 Å². The van der Waals surface area contributed by atoms with Gasteiger partial charge in [0.2, 0.25) is 0 Å². The normalized spacial score (nSPS) is 16.3. The van der Waals surface area contributed by atoms with Crippen LogP contribution in [0.15, 0.2) is 18.5 Å². The topological polar surface area (TPSA) is 44.5 Å². The summed E-state index contributed by atoms with van der Waals surface area (Å²) in [6.07, 6.45) is 4.44. The number of hydrogen-bond donors (Lipinski definition) is 2. The minimum atomic E-state index is 0.585. The maximum atomic E-state index is 5.63. The zero-order valence-corrected chi connectivity index (χ0v) is 17.3. The molecule has 1 aliphatic heterocycles. The minimum Gasteiger partial charge on any atom is -0.329 e. The van der Waals surface area contributed by atoms with Gasteiger partial charge in [0.1, 0.15) is 10.8 Å². The molecule has 0 spiro atoms. The van der Waals surface area contributed by atoms with E-state index in [0.717, 1.165) is 38.3 Å². The molecule has 0 atom stereocenters. The summed E-state index contributed by atoms with van der Waals surface area (Å²) in [6, 6.07) is 0. The maximum Gasteiger partial charge on any atom is 0.106 e. The monoisotopic (exact) mass is 362 g/mol. The van der Waals surface area contributed by atoms with Gasteiger partial charge in [-0.2, -0.15) is 0 Å². The number of nitrogens with one attached hydrogen (secondary N) is 1. The van der Waals surface area contributed by atoms with Crippen molar-refractivity contribution in [2.24, 2.45) is 11.7 Å². The van der Waals surface area contributed by atoms with Gasteiger partial charge in [0.15, 0.2) is 0 Å². The van der Waals surface area contributed by atoms with Crippen molar-refractivity contribution in [2.75, 3.05) is 31.6 Å². The van der Waals surface area contributed by atoms with E-state index in [1.807, 2.05) is 11.3 Å². The van der Waals surface area contributed by atoms with E-state index >= 15 is 0 Å². The maximum absolute atomic E-state index is 5.63. The van der Waals surface area contributed by atoms with Crippen LogP contribution in [0.3, 0.4) is 0 Å². The van der Waals surface area contributed by atoms with Crippen LogP contribution in [0.1, 0.15) is 50.1 Å². The molecule has 0 radical (unpaired) electrons. The van der Waals surface area contributed by atoms with Gasteiger partial charge in [-0.25, -0.2) is 0 Å². The number of nitrogens with two attached hydrogens (primary N) is 1. The lowest BCUT2D eigenvalue weighted by Crippen LogP contribution is -2.37. The first-order valence-corrected chi connectivity index (χ1v) is 10.2. The Hall–Kier alpha value is -1.30. The second kappa shape index (κ2) is 8.88. The fourth-order valence-electron chi connectivity index (χ4n) is 3.37. The fourth-order valence-corrected chi connectivity index (χ4v) is 4.71. The van der Waals surface area contributed by atoms with E-state index in [1.165, 1.54) is 26.7 Å².